The lowest BCUT2D eigenvalue weighted by molar-refractivity contribution is -0.147. The molecule has 1 saturated heterocycles. The lowest BCUT2D eigenvalue weighted by atomic mass is 9.80. The zero-order chi connectivity index (χ0) is 9.42. The van der Waals surface area contributed by atoms with Gasteiger partial charge >= 0.3 is 5.97 Å². The Morgan fingerprint density at radius 1 is 1.62 bits per heavy atom. The second-order valence-corrected chi connectivity index (χ2v) is 3.50. The molecule has 4 unspecified atom stereocenters. The molecule has 4 nitrogen and oxygen atoms in total. The minimum Gasteiger partial charge on any atom is -0.459 e. The molecule has 0 aromatic rings. The SMILES string of the molecule is O=C1OC(CO)C2CC=CC(O)C12. The Kier molecular flexibility index (Phi) is 2.09. The van der Waals surface area contributed by atoms with Crippen LogP contribution in [0.15, 0.2) is 12.2 Å². The highest BCUT2D eigenvalue weighted by Crippen LogP contribution is 2.36. The van der Waals surface area contributed by atoms with Crippen LogP contribution in [0.25, 0.3) is 0 Å². The van der Waals surface area contributed by atoms with Gasteiger partial charge in [0.15, 0.2) is 0 Å². The van der Waals surface area contributed by atoms with Crippen molar-refractivity contribution in [2.75, 3.05) is 6.61 Å². The van der Waals surface area contributed by atoms with Crippen molar-refractivity contribution in [1.29, 1.82) is 0 Å². The normalized spacial score (nSPS) is 43.1. The molecule has 0 aromatic heterocycles. The third kappa shape index (κ3) is 1.26. The topological polar surface area (TPSA) is 66.8 Å². The van der Waals surface area contributed by atoms with Gasteiger partial charge in [0.1, 0.15) is 6.10 Å². The maximum atomic E-state index is 11.3. The summed E-state index contributed by atoms with van der Waals surface area (Å²) in [5, 5.41) is 18.4. The van der Waals surface area contributed by atoms with Crippen molar-refractivity contribution < 1.29 is 19.7 Å². The number of aliphatic hydroxyl groups is 2. The second-order valence-electron chi connectivity index (χ2n) is 3.50. The summed E-state index contributed by atoms with van der Waals surface area (Å²) in [5.41, 5.74) is 0. The van der Waals surface area contributed by atoms with E-state index >= 15 is 0 Å². The lowest BCUT2D eigenvalue weighted by Crippen LogP contribution is -2.33. The Bertz CT molecular complexity index is 248. The number of aliphatic hydroxyl groups excluding tert-OH is 2. The number of hydrogen-bond acceptors (Lipinski definition) is 4. The molecule has 2 rings (SSSR count). The lowest BCUT2D eigenvalue weighted by Gasteiger charge is -2.23. The first-order valence-electron chi connectivity index (χ1n) is 4.40. The molecular weight excluding hydrogens is 172 g/mol. The van der Waals surface area contributed by atoms with Gasteiger partial charge < -0.3 is 14.9 Å². The van der Waals surface area contributed by atoms with Crippen LogP contribution < -0.4 is 0 Å². The van der Waals surface area contributed by atoms with Crippen molar-refractivity contribution >= 4 is 5.97 Å². The smallest absolute Gasteiger partial charge is 0.312 e. The van der Waals surface area contributed by atoms with Crippen LogP contribution in [0.4, 0.5) is 0 Å². The molecule has 0 aromatic carbocycles. The first-order valence-corrected chi connectivity index (χ1v) is 4.40. The molecule has 2 N–H and O–H groups in total. The minimum atomic E-state index is -0.747. The summed E-state index contributed by atoms with van der Waals surface area (Å²) >= 11 is 0. The van der Waals surface area contributed by atoms with E-state index in [-0.39, 0.29) is 18.5 Å². The first-order chi connectivity index (χ1) is 6.24. The third-order valence-corrected chi connectivity index (χ3v) is 2.77. The number of esters is 1. The summed E-state index contributed by atoms with van der Waals surface area (Å²) in [6.07, 6.45) is 2.96. The molecule has 0 radical (unpaired) electrons. The van der Waals surface area contributed by atoms with Gasteiger partial charge in [-0.1, -0.05) is 12.2 Å². The summed E-state index contributed by atoms with van der Waals surface area (Å²) in [6, 6.07) is 0. The van der Waals surface area contributed by atoms with Crippen molar-refractivity contribution in [1.82, 2.24) is 0 Å². The molecule has 2 aliphatic rings. The predicted octanol–water partition coefficient (Wildman–Crippen LogP) is -0.543. The van der Waals surface area contributed by atoms with Gasteiger partial charge in [-0.25, -0.2) is 0 Å². The summed E-state index contributed by atoms with van der Waals surface area (Å²) in [7, 11) is 0. The number of allylic oxidation sites excluding steroid dienone is 1. The van der Waals surface area contributed by atoms with E-state index in [1.165, 1.54) is 0 Å². The monoisotopic (exact) mass is 184 g/mol. The van der Waals surface area contributed by atoms with Crippen LogP contribution in [-0.2, 0) is 9.53 Å². The van der Waals surface area contributed by atoms with Crippen LogP contribution in [0, 0.1) is 11.8 Å². The molecule has 1 fully saturated rings. The summed E-state index contributed by atoms with van der Waals surface area (Å²) in [5.74, 6) is -0.916. The molecule has 72 valence electrons. The molecule has 0 saturated carbocycles. The number of hydrogen-bond donors (Lipinski definition) is 2. The van der Waals surface area contributed by atoms with E-state index in [1.807, 2.05) is 6.08 Å². The van der Waals surface area contributed by atoms with Crippen molar-refractivity contribution in [2.45, 2.75) is 18.6 Å². The Morgan fingerprint density at radius 3 is 3.08 bits per heavy atom. The molecule has 0 amide bonds. The minimum absolute atomic E-state index is 0.0579. The molecule has 13 heavy (non-hydrogen) atoms. The molecule has 1 aliphatic heterocycles. The van der Waals surface area contributed by atoms with Gasteiger partial charge in [0.25, 0.3) is 0 Å². The molecule has 4 atom stereocenters. The van der Waals surface area contributed by atoms with Gasteiger partial charge in [-0.2, -0.15) is 0 Å². The number of fused-ring (bicyclic) bond motifs is 1. The van der Waals surface area contributed by atoms with Crippen LogP contribution in [0.2, 0.25) is 0 Å². The Balaban J connectivity index is 2.22. The fourth-order valence-electron chi connectivity index (χ4n) is 2.08. The summed E-state index contributed by atoms with van der Waals surface area (Å²) < 4.78 is 4.94. The Morgan fingerprint density at radius 2 is 2.38 bits per heavy atom. The van der Waals surface area contributed by atoms with Gasteiger partial charge in [-0.15, -0.1) is 0 Å². The van der Waals surface area contributed by atoms with Crippen LogP contribution in [0.3, 0.4) is 0 Å². The summed E-state index contributed by atoms with van der Waals surface area (Å²) in [4.78, 5) is 11.3. The largest absolute Gasteiger partial charge is 0.459 e. The molecule has 1 aliphatic carbocycles. The number of ether oxygens (including phenoxy) is 1. The number of carbonyl (C=O) groups is 1. The van der Waals surface area contributed by atoms with Gasteiger partial charge in [-0.3, -0.25) is 4.79 Å². The zero-order valence-corrected chi connectivity index (χ0v) is 7.09. The zero-order valence-electron chi connectivity index (χ0n) is 7.09. The van der Waals surface area contributed by atoms with Gasteiger partial charge in [0.05, 0.1) is 18.6 Å². The van der Waals surface area contributed by atoms with E-state index in [1.54, 1.807) is 6.08 Å². The molecule has 0 bridgehead atoms. The third-order valence-electron chi connectivity index (χ3n) is 2.77. The second kappa shape index (κ2) is 3.12. The van der Waals surface area contributed by atoms with Crippen molar-refractivity contribution in [3.63, 3.8) is 0 Å². The van der Waals surface area contributed by atoms with Crippen molar-refractivity contribution in [3.8, 4) is 0 Å². The average molecular weight is 184 g/mol. The van der Waals surface area contributed by atoms with Gasteiger partial charge in [0.2, 0.25) is 0 Å². The molecule has 4 heteroatoms. The maximum absolute atomic E-state index is 11.3. The predicted molar refractivity (Wildman–Crippen MR) is 43.7 cm³/mol. The first kappa shape index (κ1) is 8.72. The molecule has 0 spiro atoms. The standard InChI is InChI=1S/C9H12O4/c10-4-7-5-2-1-3-6(11)8(5)9(12)13-7/h1,3,5-8,10-11H,2,4H2. The molecule has 1 heterocycles. The van der Waals surface area contributed by atoms with Crippen LogP contribution in [0.1, 0.15) is 6.42 Å². The highest BCUT2D eigenvalue weighted by molar-refractivity contribution is 5.76. The van der Waals surface area contributed by atoms with E-state index in [4.69, 9.17) is 9.84 Å². The van der Waals surface area contributed by atoms with Gasteiger partial charge in [-0.05, 0) is 6.42 Å². The van der Waals surface area contributed by atoms with E-state index in [9.17, 15) is 9.90 Å². The van der Waals surface area contributed by atoms with Crippen LogP contribution in [0.5, 0.6) is 0 Å². The quantitative estimate of drug-likeness (QED) is 0.424. The van der Waals surface area contributed by atoms with E-state index in [0.29, 0.717) is 6.42 Å². The fourth-order valence-corrected chi connectivity index (χ4v) is 2.08. The maximum Gasteiger partial charge on any atom is 0.312 e. The number of carbonyl (C=O) groups excluding carboxylic acids is 1. The highest BCUT2D eigenvalue weighted by atomic mass is 16.6. The van der Waals surface area contributed by atoms with E-state index in [0.717, 1.165) is 0 Å². The number of rotatable bonds is 1. The fraction of sp³-hybridized carbons (Fsp3) is 0.667. The average Bonchev–Trinajstić information content (AvgIpc) is 2.44. The van der Waals surface area contributed by atoms with Crippen LogP contribution >= 0.6 is 0 Å². The van der Waals surface area contributed by atoms with Gasteiger partial charge in [0, 0.05) is 5.92 Å². The molecular formula is C9H12O4. The van der Waals surface area contributed by atoms with Crippen molar-refractivity contribution in [2.24, 2.45) is 11.8 Å². The van der Waals surface area contributed by atoms with Crippen LogP contribution in [-0.4, -0.2) is 35.0 Å². The Labute approximate surface area is 75.8 Å². The van der Waals surface area contributed by atoms with E-state index in [2.05, 4.69) is 0 Å². The highest BCUT2D eigenvalue weighted by Gasteiger charge is 2.47. The number of cyclic esters (lactones) is 1. The Hall–Kier alpha value is -0.870. The summed E-state index contributed by atoms with van der Waals surface area (Å²) in [6.45, 7) is -0.159. The van der Waals surface area contributed by atoms with E-state index < -0.39 is 18.1 Å². The van der Waals surface area contributed by atoms with Crippen molar-refractivity contribution in [3.05, 3.63) is 12.2 Å².